The number of methoxy groups -OCH3 is 1. The predicted molar refractivity (Wildman–Crippen MR) is 225 cm³/mol. The number of amides is 2. The van der Waals surface area contributed by atoms with Crippen molar-refractivity contribution in [3.63, 3.8) is 0 Å². The lowest BCUT2D eigenvalue weighted by atomic mass is 9.78. The van der Waals surface area contributed by atoms with Crippen molar-refractivity contribution in [3.8, 4) is 23.0 Å². The molecular weight excluding hydrogens is 776 g/mol. The molecule has 3 heterocycles. The third kappa shape index (κ3) is 9.90. The van der Waals surface area contributed by atoms with E-state index in [1.54, 1.807) is 44.7 Å². The summed E-state index contributed by atoms with van der Waals surface area (Å²) in [4.78, 5) is 55.5. The standard InChI is InChI=1S/C45H62N2O13/c1-12-18-47(19-13-2)33(49)22-57-32-21-30-40(53)35-34(32)36-42(28(8)39(35)52)60-45(10,43(36)54)58-20-17-31(56-11)25(5)41(59-29(9)48)27(7)38(51)26(6)37(50)23(3)15-14-16-24(4)44(55)46-30/h14-17,20-21,23,25-27,31,37-38,41,50-53H,12-13,18-19,22H2,1-11H3,(H,46,55)/b15-14+,20-17+,24-16-/t23-,25+,26+,27+,31-,37-,38+,41+,45-/m0/s1. The van der Waals surface area contributed by atoms with Crippen LogP contribution < -0.4 is 14.8 Å². The first kappa shape index (κ1) is 47.6. The zero-order chi connectivity index (χ0) is 44.8. The molecule has 2 aromatic rings. The minimum Gasteiger partial charge on any atom is -0.507 e. The van der Waals surface area contributed by atoms with Gasteiger partial charge in [0, 0.05) is 80.3 Å². The van der Waals surface area contributed by atoms with E-state index < -0.39 is 89.6 Å². The van der Waals surface area contributed by atoms with Gasteiger partial charge in [0.15, 0.2) is 12.4 Å². The second kappa shape index (κ2) is 20.0. The van der Waals surface area contributed by atoms with Crippen molar-refractivity contribution >= 4 is 40.0 Å². The number of fused-ring (bicyclic) bond motifs is 14. The third-order valence-corrected chi connectivity index (χ3v) is 11.5. The first-order chi connectivity index (χ1) is 28.2. The summed E-state index contributed by atoms with van der Waals surface area (Å²) < 4.78 is 29.8. The van der Waals surface area contributed by atoms with E-state index in [9.17, 15) is 39.6 Å². The molecule has 15 heteroatoms. The fourth-order valence-corrected chi connectivity index (χ4v) is 7.88. The molecule has 5 rings (SSSR count). The van der Waals surface area contributed by atoms with E-state index >= 15 is 0 Å². The Hall–Kier alpha value is -5.12. The summed E-state index contributed by atoms with van der Waals surface area (Å²) in [7, 11) is 1.44. The lowest BCUT2D eigenvalue weighted by molar-refractivity contribution is -0.160. The van der Waals surface area contributed by atoms with Crippen molar-refractivity contribution in [2.45, 2.75) is 112 Å². The zero-order valence-electron chi connectivity index (χ0n) is 36.5. The van der Waals surface area contributed by atoms with Gasteiger partial charge in [-0.3, -0.25) is 19.2 Å². The Morgan fingerprint density at radius 1 is 0.933 bits per heavy atom. The zero-order valence-corrected chi connectivity index (χ0v) is 36.5. The highest BCUT2D eigenvalue weighted by Crippen LogP contribution is 2.54. The Morgan fingerprint density at radius 2 is 1.58 bits per heavy atom. The molecule has 2 aromatic carbocycles. The van der Waals surface area contributed by atoms with Gasteiger partial charge in [0.2, 0.25) is 0 Å². The molecule has 15 nitrogen and oxygen atoms in total. The van der Waals surface area contributed by atoms with Gasteiger partial charge in [0.25, 0.3) is 17.6 Å². The maximum atomic E-state index is 14.5. The SMILES string of the molecule is CCCN(CCC)C(=O)COc1cc2c(O)c3c(O)c(C)c4c(c13)C(=O)[C@@](C)(O/C=C/[C@H](OC)[C@@H](C)[C@@H](OC(C)=O)[C@H](C)[C@H](O)[C@H](C)[C@@H](O)[C@@H](C)/C=C/C=C(/C)C(=O)N2)O4. The molecule has 0 saturated heterocycles. The molecule has 2 amide bonds. The summed E-state index contributed by atoms with van der Waals surface area (Å²) in [5, 5.41) is 48.6. The highest BCUT2D eigenvalue weighted by atomic mass is 16.7. The van der Waals surface area contributed by atoms with Crippen LogP contribution >= 0.6 is 0 Å². The number of hydrogen-bond acceptors (Lipinski definition) is 13. The van der Waals surface area contributed by atoms with Gasteiger partial charge in [-0.05, 0) is 32.8 Å². The van der Waals surface area contributed by atoms with Crippen LogP contribution in [0.15, 0.2) is 42.2 Å². The first-order valence-corrected chi connectivity index (χ1v) is 20.5. The molecule has 9 atom stereocenters. The van der Waals surface area contributed by atoms with Crippen LogP contribution in [0.4, 0.5) is 5.69 Å². The number of allylic oxidation sites excluding steroid dienone is 2. The molecule has 3 aliphatic rings. The van der Waals surface area contributed by atoms with Crippen LogP contribution in [-0.2, 0) is 28.6 Å². The molecule has 0 radical (unpaired) electrons. The quantitative estimate of drug-likeness (QED) is 0.144. The van der Waals surface area contributed by atoms with E-state index in [4.69, 9.17) is 23.7 Å². The fraction of sp³-hybridized carbons (Fsp3) is 0.556. The Labute approximate surface area is 352 Å². The highest BCUT2D eigenvalue weighted by Gasteiger charge is 2.49. The Morgan fingerprint density at radius 3 is 2.18 bits per heavy atom. The average molecular weight is 839 g/mol. The maximum absolute atomic E-state index is 14.5. The molecule has 0 fully saturated rings. The average Bonchev–Trinajstić information content (AvgIpc) is 3.47. The molecule has 0 aromatic heterocycles. The number of phenols is 2. The molecule has 0 aliphatic carbocycles. The predicted octanol–water partition coefficient (Wildman–Crippen LogP) is 6.08. The topological polar surface area (TPSA) is 211 Å². The summed E-state index contributed by atoms with van der Waals surface area (Å²) in [6.45, 7) is 17.0. The molecular formula is C45H62N2O13. The molecule has 0 saturated carbocycles. The van der Waals surface area contributed by atoms with Crippen LogP contribution in [0.3, 0.4) is 0 Å². The van der Waals surface area contributed by atoms with Crippen molar-refractivity contribution in [2.24, 2.45) is 23.7 Å². The molecule has 5 bridgehead atoms. The number of aliphatic hydroxyl groups excluding tert-OH is 2. The number of carbonyl (C=O) groups is 4. The van der Waals surface area contributed by atoms with Crippen LogP contribution in [0, 0.1) is 30.6 Å². The fourth-order valence-electron chi connectivity index (χ4n) is 7.88. The Bertz CT molecular complexity index is 2020. The third-order valence-electron chi connectivity index (χ3n) is 11.5. The number of nitrogens with one attached hydrogen (secondary N) is 1. The number of hydrogen-bond donors (Lipinski definition) is 5. The van der Waals surface area contributed by atoms with Gasteiger partial charge < -0.3 is 54.3 Å². The maximum Gasteiger partial charge on any atom is 0.312 e. The number of benzene rings is 2. The molecule has 330 valence electrons. The van der Waals surface area contributed by atoms with Gasteiger partial charge in [-0.25, -0.2) is 0 Å². The lowest BCUT2D eigenvalue weighted by Gasteiger charge is -2.38. The largest absolute Gasteiger partial charge is 0.507 e. The molecule has 0 unspecified atom stereocenters. The summed E-state index contributed by atoms with van der Waals surface area (Å²) in [6, 6.07) is 1.28. The van der Waals surface area contributed by atoms with E-state index in [1.807, 2.05) is 13.8 Å². The van der Waals surface area contributed by atoms with Crippen molar-refractivity contribution in [2.75, 3.05) is 32.1 Å². The van der Waals surface area contributed by atoms with E-state index in [-0.39, 0.29) is 50.6 Å². The number of aromatic hydroxyl groups is 2. The molecule has 3 aliphatic heterocycles. The lowest BCUT2D eigenvalue weighted by Crippen LogP contribution is -2.46. The summed E-state index contributed by atoms with van der Waals surface area (Å²) in [5.74, 6) is -7.95. The summed E-state index contributed by atoms with van der Waals surface area (Å²) in [6.07, 6.45) is 5.04. The number of nitrogens with zero attached hydrogens (tertiary/aromatic N) is 1. The van der Waals surface area contributed by atoms with Crippen LogP contribution in [0.25, 0.3) is 10.8 Å². The highest BCUT2D eigenvalue weighted by molar-refractivity contribution is 6.21. The van der Waals surface area contributed by atoms with Crippen LogP contribution in [0.1, 0.15) is 91.1 Å². The second-order valence-corrected chi connectivity index (χ2v) is 16.1. The number of rotatable bonds is 9. The van der Waals surface area contributed by atoms with E-state index in [1.165, 1.54) is 59.3 Å². The number of Topliss-reactive ketones (excluding diaryl/α,β-unsaturated/α-hetero) is 1. The van der Waals surface area contributed by atoms with Crippen molar-refractivity contribution in [1.82, 2.24) is 4.90 Å². The van der Waals surface area contributed by atoms with Gasteiger partial charge in [-0.2, -0.15) is 0 Å². The first-order valence-electron chi connectivity index (χ1n) is 20.5. The van der Waals surface area contributed by atoms with E-state index in [0.717, 1.165) is 0 Å². The van der Waals surface area contributed by atoms with Gasteiger partial charge in [0.05, 0.1) is 41.2 Å². The Balaban J connectivity index is 1.94. The van der Waals surface area contributed by atoms with Crippen molar-refractivity contribution in [1.29, 1.82) is 0 Å². The Kier molecular flexibility index (Phi) is 15.8. The normalized spacial score (nSPS) is 29.5. The number of ether oxygens (including phenoxy) is 5. The monoisotopic (exact) mass is 838 g/mol. The van der Waals surface area contributed by atoms with E-state index in [2.05, 4.69) is 5.32 Å². The number of aliphatic hydroxyl groups is 2. The molecule has 5 N–H and O–H groups in total. The number of ketones is 1. The number of phenolic OH excluding ortho intramolecular Hbond substituents is 2. The molecule has 60 heavy (non-hydrogen) atoms. The second-order valence-electron chi connectivity index (χ2n) is 16.1. The van der Waals surface area contributed by atoms with E-state index in [0.29, 0.717) is 25.9 Å². The minimum atomic E-state index is -2.02. The van der Waals surface area contributed by atoms with Gasteiger partial charge in [0.1, 0.15) is 23.4 Å². The number of esters is 1. The number of anilines is 1. The van der Waals surface area contributed by atoms with Gasteiger partial charge >= 0.3 is 11.8 Å². The number of carbonyl (C=O) groups excluding carboxylic acids is 4. The van der Waals surface area contributed by atoms with Crippen molar-refractivity contribution < 1.29 is 63.3 Å². The van der Waals surface area contributed by atoms with Gasteiger partial charge in [-0.15, -0.1) is 0 Å². The summed E-state index contributed by atoms with van der Waals surface area (Å²) >= 11 is 0. The van der Waals surface area contributed by atoms with Crippen molar-refractivity contribution in [3.05, 3.63) is 53.3 Å². The summed E-state index contributed by atoms with van der Waals surface area (Å²) in [5.41, 5.74) is 0.00940. The van der Waals surface area contributed by atoms with Crippen LogP contribution in [0.2, 0.25) is 0 Å². The smallest absolute Gasteiger partial charge is 0.312 e. The van der Waals surface area contributed by atoms with Crippen LogP contribution in [-0.4, -0.2) is 106 Å². The van der Waals surface area contributed by atoms with Crippen LogP contribution in [0.5, 0.6) is 23.0 Å². The molecule has 0 spiro atoms. The minimum absolute atomic E-state index is 0.0529. The van der Waals surface area contributed by atoms with Gasteiger partial charge in [-0.1, -0.05) is 59.8 Å².